The van der Waals surface area contributed by atoms with Crippen molar-refractivity contribution in [3.63, 3.8) is 0 Å². The molecule has 1 heteroatoms. The Morgan fingerprint density at radius 2 is 1.91 bits per heavy atom. The molecule has 0 aliphatic heterocycles. The van der Waals surface area contributed by atoms with Crippen molar-refractivity contribution < 1.29 is 0 Å². The molecule has 0 N–H and O–H groups in total. The van der Waals surface area contributed by atoms with Crippen LogP contribution in [0.1, 0.15) is 27.2 Å². The van der Waals surface area contributed by atoms with Crippen molar-refractivity contribution in [1.29, 1.82) is 0 Å². The fourth-order valence-corrected chi connectivity index (χ4v) is 2.39. The van der Waals surface area contributed by atoms with Crippen LogP contribution in [0.25, 0.3) is 0 Å². The molecule has 2 bridgehead atoms. The highest BCUT2D eigenvalue weighted by molar-refractivity contribution is 5.85. The van der Waals surface area contributed by atoms with Crippen LogP contribution in [0.4, 0.5) is 0 Å². The molecule has 0 aromatic heterocycles. The zero-order valence-corrected chi connectivity index (χ0v) is 8.16. The van der Waals surface area contributed by atoms with Crippen molar-refractivity contribution in [3.8, 4) is 11.8 Å². The molecular formula is C10H15Cl. The Hall–Kier alpha value is -0.150. The fraction of sp³-hybridized carbons (Fsp3) is 0.800. The van der Waals surface area contributed by atoms with Crippen LogP contribution >= 0.6 is 12.4 Å². The first-order valence-corrected chi connectivity index (χ1v) is 4.13. The highest BCUT2D eigenvalue weighted by Crippen LogP contribution is 2.56. The maximum absolute atomic E-state index is 3.34. The number of fused-ring (bicyclic) bond motifs is 1. The first kappa shape index (κ1) is 8.94. The van der Waals surface area contributed by atoms with Gasteiger partial charge in [-0.2, -0.15) is 0 Å². The summed E-state index contributed by atoms with van der Waals surface area (Å²) in [5.74, 6) is 8.88. The summed E-state index contributed by atoms with van der Waals surface area (Å²) < 4.78 is 0. The van der Waals surface area contributed by atoms with Gasteiger partial charge in [-0.25, -0.2) is 0 Å². The van der Waals surface area contributed by atoms with E-state index in [2.05, 4.69) is 32.6 Å². The van der Waals surface area contributed by atoms with Gasteiger partial charge in [-0.3, -0.25) is 0 Å². The predicted molar refractivity (Wildman–Crippen MR) is 49.6 cm³/mol. The Kier molecular flexibility index (Phi) is 1.97. The van der Waals surface area contributed by atoms with Gasteiger partial charge in [0.15, 0.2) is 0 Å². The SMILES string of the molecule is CC1C#CC2CC1C2(C)C.Cl. The van der Waals surface area contributed by atoms with Crippen molar-refractivity contribution in [2.75, 3.05) is 0 Å². The minimum Gasteiger partial charge on any atom is -0.147 e. The van der Waals surface area contributed by atoms with Gasteiger partial charge in [-0.1, -0.05) is 32.6 Å². The van der Waals surface area contributed by atoms with Crippen LogP contribution < -0.4 is 0 Å². The van der Waals surface area contributed by atoms with Crippen LogP contribution in [-0.2, 0) is 0 Å². The van der Waals surface area contributed by atoms with Crippen molar-refractivity contribution in [1.82, 2.24) is 0 Å². The first-order valence-electron chi connectivity index (χ1n) is 4.13. The minimum atomic E-state index is 0. The summed E-state index contributed by atoms with van der Waals surface area (Å²) in [6.45, 7) is 6.97. The van der Waals surface area contributed by atoms with E-state index in [0.29, 0.717) is 17.3 Å². The van der Waals surface area contributed by atoms with Crippen LogP contribution in [-0.4, -0.2) is 0 Å². The molecule has 0 aromatic rings. The van der Waals surface area contributed by atoms with Crippen molar-refractivity contribution in [2.24, 2.45) is 23.2 Å². The van der Waals surface area contributed by atoms with E-state index in [1.165, 1.54) is 6.42 Å². The lowest BCUT2D eigenvalue weighted by Gasteiger charge is -2.54. The molecule has 3 aliphatic carbocycles. The van der Waals surface area contributed by atoms with Gasteiger partial charge in [0.25, 0.3) is 0 Å². The van der Waals surface area contributed by atoms with Gasteiger partial charge in [-0.05, 0) is 17.8 Å². The zero-order chi connectivity index (χ0) is 7.35. The summed E-state index contributed by atoms with van der Waals surface area (Å²) in [4.78, 5) is 0. The van der Waals surface area contributed by atoms with E-state index in [1.807, 2.05) is 0 Å². The molecule has 0 amide bonds. The zero-order valence-electron chi connectivity index (χ0n) is 7.35. The van der Waals surface area contributed by atoms with E-state index >= 15 is 0 Å². The van der Waals surface area contributed by atoms with Crippen molar-refractivity contribution in [3.05, 3.63) is 0 Å². The Morgan fingerprint density at radius 1 is 1.27 bits per heavy atom. The standard InChI is InChI=1S/C10H14.ClH/c1-7-4-5-8-6-9(7)10(8,2)3;/h7-9H,6H2,1-3H3;1H. The van der Waals surface area contributed by atoms with Gasteiger partial charge < -0.3 is 0 Å². The van der Waals surface area contributed by atoms with Gasteiger partial charge in [0.2, 0.25) is 0 Å². The van der Waals surface area contributed by atoms with Gasteiger partial charge in [0, 0.05) is 11.8 Å². The second kappa shape index (κ2) is 2.42. The van der Waals surface area contributed by atoms with Gasteiger partial charge in [0.05, 0.1) is 0 Å². The summed E-state index contributed by atoms with van der Waals surface area (Å²) in [7, 11) is 0. The number of halogens is 1. The van der Waals surface area contributed by atoms with E-state index in [-0.39, 0.29) is 12.4 Å². The lowest BCUT2D eigenvalue weighted by atomic mass is 9.49. The number of hydrogen-bond donors (Lipinski definition) is 0. The van der Waals surface area contributed by atoms with Crippen LogP contribution in [0.5, 0.6) is 0 Å². The van der Waals surface area contributed by atoms with E-state index in [0.717, 1.165) is 5.92 Å². The maximum atomic E-state index is 3.34. The number of rotatable bonds is 0. The molecule has 3 unspecified atom stereocenters. The maximum Gasteiger partial charge on any atom is 0.0260 e. The Labute approximate surface area is 75.2 Å². The molecule has 0 radical (unpaired) electrons. The largest absolute Gasteiger partial charge is 0.147 e. The average molecular weight is 171 g/mol. The van der Waals surface area contributed by atoms with E-state index in [1.54, 1.807) is 0 Å². The highest BCUT2D eigenvalue weighted by Gasteiger charge is 2.51. The lowest BCUT2D eigenvalue weighted by molar-refractivity contribution is -0.0130. The average Bonchev–Trinajstić information content (AvgIpc) is 1.87. The van der Waals surface area contributed by atoms with Crippen LogP contribution in [0, 0.1) is 35.0 Å². The van der Waals surface area contributed by atoms with Gasteiger partial charge in [0.1, 0.15) is 0 Å². The molecule has 0 spiro atoms. The molecule has 0 aromatic carbocycles. The van der Waals surface area contributed by atoms with Gasteiger partial charge in [-0.15, -0.1) is 12.4 Å². The van der Waals surface area contributed by atoms with E-state index < -0.39 is 0 Å². The molecule has 1 fully saturated rings. The van der Waals surface area contributed by atoms with Crippen LogP contribution in [0.15, 0.2) is 0 Å². The van der Waals surface area contributed by atoms with Crippen molar-refractivity contribution >= 4 is 12.4 Å². The third-order valence-electron chi connectivity index (χ3n) is 3.43. The smallest absolute Gasteiger partial charge is 0.0260 e. The molecule has 11 heavy (non-hydrogen) atoms. The second-order valence-electron chi connectivity index (χ2n) is 4.29. The predicted octanol–water partition coefficient (Wildman–Crippen LogP) is 2.72. The van der Waals surface area contributed by atoms with Gasteiger partial charge >= 0.3 is 0 Å². The highest BCUT2D eigenvalue weighted by atomic mass is 35.5. The molecular weight excluding hydrogens is 156 g/mol. The van der Waals surface area contributed by atoms with Crippen molar-refractivity contribution in [2.45, 2.75) is 27.2 Å². The van der Waals surface area contributed by atoms with Crippen LogP contribution in [0.2, 0.25) is 0 Å². The van der Waals surface area contributed by atoms with Crippen LogP contribution in [0.3, 0.4) is 0 Å². The normalized spacial score (nSPS) is 42.6. The molecule has 3 aliphatic rings. The summed E-state index contributed by atoms with van der Waals surface area (Å²) in [6, 6.07) is 0. The summed E-state index contributed by atoms with van der Waals surface area (Å²) in [5, 5.41) is 0. The Balaban J connectivity index is 0.000000605. The molecule has 3 atom stereocenters. The topological polar surface area (TPSA) is 0 Å². The second-order valence-corrected chi connectivity index (χ2v) is 4.29. The molecule has 0 nitrogen and oxygen atoms in total. The molecule has 3 rings (SSSR count). The first-order chi connectivity index (χ1) is 4.62. The minimum absolute atomic E-state index is 0. The quantitative estimate of drug-likeness (QED) is 0.491. The Bertz CT molecular complexity index is 219. The summed E-state index contributed by atoms with van der Waals surface area (Å²) in [5.41, 5.74) is 0.532. The molecule has 1 saturated carbocycles. The molecule has 62 valence electrons. The third kappa shape index (κ3) is 0.983. The fourth-order valence-electron chi connectivity index (χ4n) is 2.39. The molecule has 0 saturated heterocycles. The lowest BCUT2D eigenvalue weighted by Crippen LogP contribution is -2.49. The molecule has 0 heterocycles. The summed E-state index contributed by atoms with van der Waals surface area (Å²) >= 11 is 0. The third-order valence-corrected chi connectivity index (χ3v) is 3.43. The monoisotopic (exact) mass is 170 g/mol. The van der Waals surface area contributed by atoms with E-state index in [4.69, 9.17) is 0 Å². The summed E-state index contributed by atoms with van der Waals surface area (Å²) in [6.07, 6.45) is 1.36. The number of hydrogen-bond acceptors (Lipinski definition) is 0. The Morgan fingerprint density at radius 3 is 2.18 bits per heavy atom. The van der Waals surface area contributed by atoms with E-state index in [9.17, 15) is 0 Å².